The fraction of sp³-hybridized carbons (Fsp3) is 0. The molecule has 10 heavy (non-hydrogen) atoms. The molecule has 1 rings (SSSR count). The average molecular weight is 136 g/mol. The highest BCUT2D eigenvalue weighted by molar-refractivity contribution is 5.38. The molecule has 0 aromatic carbocycles. The number of nitrogens with zero attached hydrogens (tertiary/aromatic N) is 1. The van der Waals surface area contributed by atoms with Crippen LogP contribution in [-0.2, 0) is 0 Å². The minimum Gasteiger partial charge on any atom is -0.502 e. The van der Waals surface area contributed by atoms with Gasteiger partial charge in [0.25, 0.3) is 5.56 Å². The molecule has 0 atom stereocenters. The van der Waals surface area contributed by atoms with Gasteiger partial charge in [-0.05, 0) is 6.07 Å². The molecule has 2 N–H and O–H groups in total. The Balaban J connectivity index is 3.46. The van der Waals surface area contributed by atoms with Crippen LogP contribution in [0.4, 0.5) is 0 Å². The number of nitriles is 1. The van der Waals surface area contributed by atoms with E-state index in [1.165, 1.54) is 12.3 Å². The molecule has 0 amide bonds. The number of rotatable bonds is 0. The number of nitrogens with one attached hydrogen (secondary N) is 1. The van der Waals surface area contributed by atoms with Gasteiger partial charge in [0.1, 0.15) is 11.6 Å². The maximum Gasteiger partial charge on any atom is 0.291 e. The van der Waals surface area contributed by atoms with Gasteiger partial charge in [-0.1, -0.05) is 0 Å². The fourth-order valence-electron chi connectivity index (χ4n) is 0.561. The summed E-state index contributed by atoms with van der Waals surface area (Å²) in [5.41, 5.74) is -0.650. The highest BCUT2D eigenvalue weighted by atomic mass is 16.3. The third-order valence-corrected chi connectivity index (χ3v) is 1.06. The zero-order chi connectivity index (χ0) is 7.56. The van der Waals surface area contributed by atoms with Crippen LogP contribution >= 0.6 is 0 Å². The van der Waals surface area contributed by atoms with Gasteiger partial charge < -0.3 is 10.1 Å². The lowest BCUT2D eigenvalue weighted by Gasteiger charge is -1.89. The van der Waals surface area contributed by atoms with Crippen LogP contribution in [0.3, 0.4) is 0 Å². The third-order valence-electron chi connectivity index (χ3n) is 1.06. The van der Waals surface area contributed by atoms with Crippen molar-refractivity contribution in [1.82, 2.24) is 4.98 Å². The topological polar surface area (TPSA) is 76.9 Å². The molecule has 0 fully saturated rings. The molecular formula is C6H4N2O2. The minimum atomic E-state index is -0.640. The molecule has 0 aliphatic heterocycles. The van der Waals surface area contributed by atoms with E-state index in [0.29, 0.717) is 0 Å². The lowest BCUT2D eigenvalue weighted by molar-refractivity contribution is 0.465. The second-order valence-corrected chi connectivity index (χ2v) is 1.68. The van der Waals surface area contributed by atoms with Gasteiger partial charge in [0.15, 0.2) is 5.75 Å². The number of hydrogen-bond donors (Lipinski definition) is 2. The van der Waals surface area contributed by atoms with E-state index in [1.54, 1.807) is 6.07 Å². The number of aromatic nitrogens is 1. The molecule has 1 aromatic heterocycles. The summed E-state index contributed by atoms with van der Waals surface area (Å²) in [7, 11) is 0. The van der Waals surface area contributed by atoms with Gasteiger partial charge in [-0.2, -0.15) is 5.26 Å². The first-order valence-electron chi connectivity index (χ1n) is 2.56. The quantitative estimate of drug-likeness (QED) is 0.525. The Morgan fingerprint density at radius 1 is 1.70 bits per heavy atom. The molecule has 4 heteroatoms. The first-order valence-corrected chi connectivity index (χ1v) is 2.56. The Morgan fingerprint density at radius 3 is 2.90 bits per heavy atom. The molecule has 0 saturated carbocycles. The second-order valence-electron chi connectivity index (χ2n) is 1.68. The van der Waals surface area contributed by atoms with Crippen molar-refractivity contribution in [2.75, 3.05) is 0 Å². The minimum absolute atomic E-state index is 0.0104. The first-order chi connectivity index (χ1) is 4.75. The van der Waals surface area contributed by atoms with E-state index in [2.05, 4.69) is 4.98 Å². The SMILES string of the molecule is N#Cc1cc[nH]c(=O)c1O. The van der Waals surface area contributed by atoms with Crippen molar-refractivity contribution in [2.24, 2.45) is 0 Å². The molecule has 0 saturated heterocycles. The predicted molar refractivity (Wildman–Crippen MR) is 33.4 cm³/mol. The van der Waals surface area contributed by atoms with Gasteiger partial charge in [0.2, 0.25) is 0 Å². The Labute approximate surface area is 56.4 Å². The van der Waals surface area contributed by atoms with E-state index < -0.39 is 11.3 Å². The third kappa shape index (κ3) is 0.845. The molecule has 0 aliphatic carbocycles. The summed E-state index contributed by atoms with van der Waals surface area (Å²) in [6, 6.07) is 3.00. The van der Waals surface area contributed by atoms with Gasteiger partial charge in [-0.3, -0.25) is 4.79 Å². The molecule has 1 aromatic rings. The van der Waals surface area contributed by atoms with Gasteiger partial charge >= 0.3 is 0 Å². The fourth-order valence-corrected chi connectivity index (χ4v) is 0.561. The molecule has 0 aliphatic rings. The van der Waals surface area contributed by atoms with Crippen LogP contribution in [-0.4, -0.2) is 10.1 Å². The van der Waals surface area contributed by atoms with Crippen LogP contribution in [0.5, 0.6) is 5.75 Å². The molecule has 0 radical (unpaired) electrons. The van der Waals surface area contributed by atoms with E-state index in [4.69, 9.17) is 10.4 Å². The summed E-state index contributed by atoms with van der Waals surface area (Å²) in [5, 5.41) is 17.1. The highest BCUT2D eigenvalue weighted by Gasteiger charge is 2.01. The number of pyridine rings is 1. The summed E-state index contributed by atoms with van der Waals surface area (Å²) in [6.07, 6.45) is 1.31. The Hall–Kier alpha value is -1.76. The summed E-state index contributed by atoms with van der Waals surface area (Å²) in [4.78, 5) is 12.8. The zero-order valence-corrected chi connectivity index (χ0v) is 4.96. The van der Waals surface area contributed by atoms with E-state index in [9.17, 15) is 4.79 Å². The Bertz CT molecular complexity index is 334. The number of aromatic hydroxyl groups is 1. The van der Waals surface area contributed by atoms with Crippen molar-refractivity contribution in [3.05, 3.63) is 28.2 Å². The van der Waals surface area contributed by atoms with Crippen LogP contribution in [0.25, 0.3) is 0 Å². The van der Waals surface area contributed by atoms with Crippen LogP contribution in [0.15, 0.2) is 17.1 Å². The molecule has 1 heterocycles. The Morgan fingerprint density at radius 2 is 2.40 bits per heavy atom. The zero-order valence-electron chi connectivity index (χ0n) is 4.96. The molecule has 0 spiro atoms. The molecule has 0 unspecified atom stereocenters. The summed E-state index contributed by atoms with van der Waals surface area (Å²) >= 11 is 0. The van der Waals surface area contributed by atoms with Gasteiger partial charge in [-0.25, -0.2) is 0 Å². The van der Waals surface area contributed by atoms with Crippen molar-refractivity contribution in [3.8, 4) is 11.8 Å². The molecular weight excluding hydrogens is 132 g/mol. The van der Waals surface area contributed by atoms with Crippen molar-refractivity contribution < 1.29 is 5.11 Å². The van der Waals surface area contributed by atoms with Crippen LogP contribution in [0.2, 0.25) is 0 Å². The predicted octanol–water partition coefficient (Wildman–Crippen LogP) is -0.0478. The largest absolute Gasteiger partial charge is 0.502 e. The molecule has 50 valence electrons. The molecule has 4 nitrogen and oxygen atoms in total. The second kappa shape index (κ2) is 2.23. The van der Waals surface area contributed by atoms with Crippen LogP contribution in [0, 0.1) is 11.3 Å². The van der Waals surface area contributed by atoms with Crippen molar-refractivity contribution in [1.29, 1.82) is 5.26 Å². The maximum absolute atomic E-state index is 10.5. The van der Waals surface area contributed by atoms with E-state index in [-0.39, 0.29) is 5.56 Å². The highest BCUT2D eigenvalue weighted by Crippen LogP contribution is 2.05. The smallest absolute Gasteiger partial charge is 0.291 e. The molecule has 0 bridgehead atoms. The van der Waals surface area contributed by atoms with Crippen molar-refractivity contribution >= 4 is 0 Å². The Kier molecular flexibility index (Phi) is 1.42. The van der Waals surface area contributed by atoms with Crippen molar-refractivity contribution in [3.63, 3.8) is 0 Å². The normalized spacial score (nSPS) is 8.70. The number of H-pyrrole nitrogens is 1. The first kappa shape index (κ1) is 6.36. The number of hydrogen-bond acceptors (Lipinski definition) is 3. The number of aromatic amines is 1. The van der Waals surface area contributed by atoms with Gasteiger partial charge in [-0.15, -0.1) is 0 Å². The van der Waals surface area contributed by atoms with Crippen molar-refractivity contribution in [2.45, 2.75) is 0 Å². The van der Waals surface area contributed by atoms with E-state index >= 15 is 0 Å². The lowest BCUT2D eigenvalue weighted by Crippen LogP contribution is -2.04. The lowest BCUT2D eigenvalue weighted by atomic mass is 10.3. The van der Waals surface area contributed by atoms with E-state index in [1.807, 2.05) is 0 Å². The van der Waals surface area contributed by atoms with Crippen LogP contribution in [0.1, 0.15) is 5.56 Å². The summed E-state index contributed by atoms with van der Waals surface area (Å²) in [5.74, 6) is -0.523. The standard InChI is InChI=1S/C6H4N2O2/c7-3-4-1-2-8-6(10)5(4)9/h1-2,9H,(H,8,10). The summed E-state index contributed by atoms with van der Waals surface area (Å²) < 4.78 is 0. The maximum atomic E-state index is 10.5. The average Bonchev–Trinajstić information content (AvgIpc) is 1.95. The summed E-state index contributed by atoms with van der Waals surface area (Å²) in [6.45, 7) is 0. The van der Waals surface area contributed by atoms with Crippen LogP contribution < -0.4 is 5.56 Å². The van der Waals surface area contributed by atoms with E-state index in [0.717, 1.165) is 0 Å². The monoisotopic (exact) mass is 136 g/mol. The van der Waals surface area contributed by atoms with Gasteiger partial charge in [0, 0.05) is 6.20 Å². The van der Waals surface area contributed by atoms with Gasteiger partial charge in [0.05, 0.1) is 0 Å².